The molecule has 2 aliphatic rings. The van der Waals surface area contributed by atoms with Crippen LogP contribution >= 0.6 is 0 Å². The van der Waals surface area contributed by atoms with Crippen molar-refractivity contribution in [1.29, 1.82) is 0 Å². The average molecular weight is 856 g/mol. The highest BCUT2D eigenvalue weighted by molar-refractivity contribution is 6.03. The topological polar surface area (TPSA) is 98.6 Å². The van der Waals surface area contributed by atoms with Crippen molar-refractivity contribution in [1.82, 2.24) is 0 Å². The van der Waals surface area contributed by atoms with Crippen molar-refractivity contribution < 1.29 is 64.4 Å². The number of fused-ring (bicyclic) bond motifs is 2. The Morgan fingerprint density at radius 3 is 1.63 bits per heavy atom. The van der Waals surface area contributed by atoms with E-state index in [4.69, 9.17) is 53.8 Å². The first-order valence-electron chi connectivity index (χ1n) is 20.5. The second kappa shape index (κ2) is 27.3. The fourth-order valence-corrected chi connectivity index (χ4v) is 7.08. The lowest BCUT2D eigenvalue weighted by Crippen LogP contribution is -3.00. The number of terminal acetylenes is 1. The first-order valence-corrected chi connectivity index (χ1v) is 20.5. The SMILES string of the molecule is C#CCOCCOCCOCCOCCOc1ccc2c(c1)C(C)(C)C(=CC=CC=CC1=[N+](C)c3ccc(OCCOCCOCCOCCOC)cc3C1(C)C)N2C.[Cl-]. The molecule has 0 fully saturated rings. The smallest absolute Gasteiger partial charge is 0.209 e. The maximum Gasteiger partial charge on any atom is 0.209 e. The van der Waals surface area contributed by atoms with Gasteiger partial charge in [-0.2, -0.15) is 4.58 Å². The van der Waals surface area contributed by atoms with E-state index >= 15 is 0 Å². The minimum absolute atomic E-state index is 0. The highest BCUT2D eigenvalue weighted by atomic mass is 35.5. The standard InChI is InChI=1S/C47H67N2O10.ClH/c1-9-19-51-22-23-53-26-27-55-29-31-57-33-35-59-39-16-18-43-41(37-39)47(4,5)45(49(43)7)14-12-10-11-13-44-46(2,3)40-36-38(15-17-42(40)48(44)6)58-34-32-56-30-28-54-25-24-52-21-20-50-8;/h1,10-18,36-37H,19-35H2,2-8H3;1H/q+1;/p-1. The number of halogens is 1. The Morgan fingerprint density at radius 1 is 0.617 bits per heavy atom. The number of likely N-dealkylation sites (N-methyl/N-ethyl adjacent to an activating group) is 1. The lowest BCUT2D eigenvalue weighted by Gasteiger charge is -2.23. The Morgan fingerprint density at radius 2 is 1.10 bits per heavy atom. The van der Waals surface area contributed by atoms with Gasteiger partial charge in [-0.3, -0.25) is 0 Å². The quantitative estimate of drug-likeness (QED) is 0.0502. The summed E-state index contributed by atoms with van der Waals surface area (Å²) in [5.41, 5.74) is 6.85. The minimum Gasteiger partial charge on any atom is -1.00 e. The third-order valence-corrected chi connectivity index (χ3v) is 10.2. The van der Waals surface area contributed by atoms with Gasteiger partial charge in [-0.25, -0.2) is 0 Å². The molecule has 0 aromatic heterocycles. The number of anilines is 1. The summed E-state index contributed by atoms with van der Waals surface area (Å²) < 4.78 is 57.8. The van der Waals surface area contributed by atoms with E-state index in [0.717, 1.165) is 11.5 Å². The molecule has 0 saturated heterocycles. The van der Waals surface area contributed by atoms with Gasteiger partial charge in [0.2, 0.25) is 5.69 Å². The largest absolute Gasteiger partial charge is 1.00 e. The Balaban J connectivity index is 0.00000961. The van der Waals surface area contributed by atoms with E-state index < -0.39 is 0 Å². The number of rotatable bonds is 30. The summed E-state index contributed by atoms with van der Waals surface area (Å²) >= 11 is 0. The van der Waals surface area contributed by atoms with Crippen LogP contribution in [0.4, 0.5) is 11.4 Å². The molecule has 2 aromatic rings. The van der Waals surface area contributed by atoms with Crippen LogP contribution in [0.2, 0.25) is 0 Å². The zero-order valence-electron chi connectivity index (χ0n) is 36.8. The zero-order chi connectivity index (χ0) is 42.4. The Kier molecular flexibility index (Phi) is 23.0. The summed E-state index contributed by atoms with van der Waals surface area (Å²) in [5.74, 6) is 4.09. The van der Waals surface area contributed by atoms with Crippen LogP contribution in [-0.4, -0.2) is 144 Å². The number of ether oxygens (including phenoxy) is 10. The van der Waals surface area contributed by atoms with E-state index in [9.17, 15) is 0 Å². The van der Waals surface area contributed by atoms with Crippen LogP contribution in [-0.2, 0) is 48.7 Å². The number of nitrogens with zero attached hydrogens (tertiary/aromatic N) is 2. The van der Waals surface area contributed by atoms with Crippen molar-refractivity contribution in [3.05, 3.63) is 83.6 Å². The molecule has 0 radical (unpaired) electrons. The summed E-state index contributed by atoms with van der Waals surface area (Å²) in [6.07, 6.45) is 15.9. The molecule has 0 aliphatic carbocycles. The van der Waals surface area contributed by atoms with E-state index in [-0.39, 0.29) is 23.2 Å². The summed E-state index contributed by atoms with van der Waals surface area (Å²) in [5, 5.41) is 0. The Labute approximate surface area is 364 Å². The van der Waals surface area contributed by atoms with Gasteiger partial charge in [-0.15, -0.1) is 6.42 Å². The predicted molar refractivity (Wildman–Crippen MR) is 232 cm³/mol. The van der Waals surface area contributed by atoms with Gasteiger partial charge in [0.1, 0.15) is 38.4 Å². The van der Waals surface area contributed by atoms with Crippen LogP contribution in [0.3, 0.4) is 0 Å². The fourth-order valence-electron chi connectivity index (χ4n) is 7.08. The van der Waals surface area contributed by atoms with E-state index in [1.54, 1.807) is 7.11 Å². The van der Waals surface area contributed by atoms with Crippen LogP contribution < -0.4 is 26.8 Å². The third-order valence-electron chi connectivity index (χ3n) is 10.2. The summed E-state index contributed by atoms with van der Waals surface area (Å²) in [4.78, 5) is 2.26. The van der Waals surface area contributed by atoms with Gasteiger partial charge in [-0.05, 0) is 55.8 Å². The monoisotopic (exact) mass is 854 g/mol. The van der Waals surface area contributed by atoms with Crippen molar-refractivity contribution in [3.63, 3.8) is 0 Å². The molecule has 13 heteroatoms. The third kappa shape index (κ3) is 15.3. The van der Waals surface area contributed by atoms with Crippen LogP contribution in [0.25, 0.3) is 0 Å². The highest BCUT2D eigenvalue weighted by Gasteiger charge is 2.43. The zero-order valence-corrected chi connectivity index (χ0v) is 37.6. The summed E-state index contributed by atoms with van der Waals surface area (Å²) in [7, 11) is 5.90. The van der Waals surface area contributed by atoms with Gasteiger partial charge in [0.05, 0.1) is 97.9 Å². The summed E-state index contributed by atoms with van der Waals surface area (Å²) in [6, 6.07) is 12.6. The normalized spacial score (nSPS) is 15.8. The lowest BCUT2D eigenvalue weighted by atomic mass is 9.81. The van der Waals surface area contributed by atoms with Crippen molar-refractivity contribution >= 4 is 17.1 Å². The molecule has 0 atom stereocenters. The van der Waals surface area contributed by atoms with Gasteiger partial charge in [0.25, 0.3) is 0 Å². The van der Waals surface area contributed by atoms with E-state index in [0.29, 0.717) is 112 Å². The molecule has 4 rings (SSSR count). The van der Waals surface area contributed by atoms with E-state index in [1.807, 2.05) is 12.1 Å². The van der Waals surface area contributed by atoms with Crippen LogP contribution in [0, 0.1) is 12.3 Å². The molecule has 2 heterocycles. The highest BCUT2D eigenvalue weighted by Crippen LogP contribution is 2.48. The lowest BCUT2D eigenvalue weighted by molar-refractivity contribution is -0.401. The van der Waals surface area contributed by atoms with Gasteiger partial charge in [0.15, 0.2) is 5.71 Å². The molecule has 0 bridgehead atoms. The second-order valence-corrected chi connectivity index (χ2v) is 15.0. The van der Waals surface area contributed by atoms with Gasteiger partial charge < -0.3 is 64.7 Å². The summed E-state index contributed by atoms with van der Waals surface area (Å²) in [6.45, 7) is 17.5. The minimum atomic E-state index is -0.200. The van der Waals surface area contributed by atoms with Gasteiger partial charge in [-0.1, -0.05) is 38.0 Å². The number of benzene rings is 2. The first-order chi connectivity index (χ1) is 28.6. The number of hydrogen-bond donors (Lipinski definition) is 0. The van der Waals surface area contributed by atoms with Crippen molar-refractivity contribution in [2.24, 2.45) is 0 Å². The number of allylic oxidation sites excluding steroid dienone is 6. The molecule has 0 saturated carbocycles. The van der Waals surface area contributed by atoms with Gasteiger partial charge >= 0.3 is 0 Å². The average Bonchev–Trinajstić information content (AvgIpc) is 3.53. The molecule has 0 unspecified atom stereocenters. The molecular formula is C47H67ClN2O10. The van der Waals surface area contributed by atoms with Crippen molar-refractivity contribution in [3.8, 4) is 23.8 Å². The number of methoxy groups -OCH3 is 1. The van der Waals surface area contributed by atoms with Crippen LogP contribution in [0.5, 0.6) is 11.5 Å². The molecule has 2 aromatic carbocycles. The molecule has 0 amide bonds. The van der Waals surface area contributed by atoms with E-state index in [1.165, 1.54) is 33.9 Å². The first kappa shape index (κ1) is 50.6. The molecule has 2 aliphatic heterocycles. The molecule has 60 heavy (non-hydrogen) atoms. The molecule has 332 valence electrons. The predicted octanol–water partition coefficient (Wildman–Crippen LogP) is 3.27. The second-order valence-electron chi connectivity index (χ2n) is 15.0. The maximum atomic E-state index is 6.06. The Bertz CT molecular complexity index is 1750. The van der Waals surface area contributed by atoms with Crippen molar-refractivity contribution in [2.75, 3.05) is 138 Å². The molecular weight excluding hydrogens is 788 g/mol. The van der Waals surface area contributed by atoms with Gasteiger partial charge in [0, 0.05) is 48.7 Å². The van der Waals surface area contributed by atoms with Crippen molar-refractivity contribution in [2.45, 2.75) is 38.5 Å². The van der Waals surface area contributed by atoms with E-state index in [2.05, 4.69) is 112 Å². The molecule has 12 nitrogen and oxygen atoms in total. The fraction of sp³-hybridized carbons (Fsp3) is 0.553. The van der Waals surface area contributed by atoms with Crippen LogP contribution in [0.1, 0.15) is 38.8 Å². The molecule has 0 N–H and O–H groups in total. The molecule has 0 spiro atoms. The number of hydrogen-bond acceptors (Lipinski definition) is 11. The maximum absolute atomic E-state index is 6.06. The Hall–Kier alpha value is -3.74. The van der Waals surface area contributed by atoms with Crippen LogP contribution in [0.15, 0.2) is 72.5 Å².